The maximum atomic E-state index is 13.0. The zero-order valence-corrected chi connectivity index (χ0v) is 18.6. The van der Waals surface area contributed by atoms with Crippen molar-refractivity contribution in [3.63, 3.8) is 0 Å². The lowest BCUT2D eigenvalue weighted by Crippen LogP contribution is -2.41. The van der Waals surface area contributed by atoms with E-state index in [-0.39, 0.29) is 28.9 Å². The van der Waals surface area contributed by atoms with Gasteiger partial charge >= 0.3 is 0 Å². The second-order valence-corrected chi connectivity index (χ2v) is 9.25. The molecule has 1 aromatic carbocycles. The molecule has 0 atom stereocenters. The first-order valence-corrected chi connectivity index (χ1v) is 10.7. The molecule has 0 aliphatic heterocycles. The SMILES string of the molecule is CC(C)OCCCn1c(SCC(=O)NC(C)(C)C)nc2cc(Cl)ccc2c1=O. The Labute approximate surface area is 175 Å². The van der Waals surface area contributed by atoms with Crippen LogP contribution >= 0.6 is 23.4 Å². The molecule has 0 bridgehead atoms. The monoisotopic (exact) mass is 425 g/mol. The highest BCUT2D eigenvalue weighted by Gasteiger charge is 2.17. The number of aromatic nitrogens is 2. The minimum Gasteiger partial charge on any atom is -0.379 e. The third kappa shape index (κ3) is 6.79. The molecule has 2 aromatic rings. The highest BCUT2D eigenvalue weighted by molar-refractivity contribution is 7.99. The van der Waals surface area contributed by atoms with E-state index in [2.05, 4.69) is 10.3 Å². The van der Waals surface area contributed by atoms with Gasteiger partial charge in [-0.25, -0.2) is 4.98 Å². The summed E-state index contributed by atoms with van der Waals surface area (Å²) in [7, 11) is 0. The molecule has 0 radical (unpaired) electrons. The molecule has 0 saturated carbocycles. The summed E-state index contributed by atoms with van der Waals surface area (Å²) >= 11 is 7.31. The standard InChI is InChI=1S/C20H28ClN3O3S/c1-13(2)27-10-6-9-24-18(26)15-8-7-14(21)11-16(15)22-19(24)28-12-17(25)23-20(3,4)5/h7-8,11,13H,6,9-10,12H2,1-5H3,(H,23,25). The van der Waals surface area contributed by atoms with Gasteiger partial charge in [0.25, 0.3) is 5.56 Å². The van der Waals surface area contributed by atoms with Crippen molar-refractivity contribution >= 4 is 40.2 Å². The normalized spacial score (nSPS) is 12.0. The number of carbonyl (C=O) groups is 1. The van der Waals surface area contributed by atoms with Gasteiger partial charge in [-0.1, -0.05) is 23.4 Å². The molecule has 1 heterocycles. The van der Waals surface area contributed by atoms with E-state index >= 15 is 0 Å². The van der Waals surface area contributed by atoms with Gasteiger partial charge in [0, 0.05) is 23.7 Å². The van der Waals surface area contributed by atoms with Crippen LogP contribution in [0.25, 0.3) is 10.9 Å². The van der Waals surface area contributed by atoms with Crippen molar-refractivity contribution in [3.8, 4) is 0 Å². The minimum absolute atomic E-state index is 0.104. The number of carbonyl (C=O) groups excluding carboxylic acids is 1. The van der Waals surface area contributed by atoms with Crippen LogP contribution in [0.3, 0.4) is 0 Å². The quantitative estimate of drug-likeness (QED) is 0.395. The zero-order valence-electron chi connectivity index (χ0n) is 17.0. The fourth-order valence-electron chi connectivity index (χ4n) is 2.61. The number of halogens is 1. The molecule has 28 heavy (non-hydrogen) atoms. The van der Waals surface area contributed by atoms with Gasteiger partial charge in [-0.05, 0) is 59.2 Å². The number of benzene rings is 1. The Morgan fingerprint density at radius 3 is 2.71 bits per heavy atom. The van der Waals surface area contributed by atoms with E-state index in [1.807, 2.05) is 34.6 Å². The molecule has 0 unspecified atom stereocenters. The smallest absolute Gasteiger partial charge is 0.262 e. The van der Waals surface area contributed by atoms with Crippen LogP contribution in [0.15, 0.2) is 28.2 Å². The maximum absolute atomic E-state index is 13.0. The van der Waals surface area contributed by atoms with Crippen molar-refractivity contribution in [3.05, 3.63) is 33.6 Å². The lowest BCUT2D eigenvalue weighted by molar-refractivity contribution is -0.119. The van der Waals surface area contributed by atoms with Gasteiger partial charge in [0.15, 0.2) is 5.16 Å². The van der Waals surface area contributed by atoms with Crippen molar-refractivity contribution in [1.29, 1.82) is 0 Å². The van der Waals surface area contributed by atoms with Crippen LogP contribution < -0.4 is 10.9 Å². The average molecular weight is 426 g/mol. The number of hydrogen-bond acceptors (Lipinski definition) is 5. The minimum atomic E-state index is -0.310. The summed E-state index contributed by atoms with van der Waals surface area (Å²) in [5.74, 6) is 0.0748. The summed E-state index contributed by atoms with van der Waals surface area (Å²) in [5.41, 5.74) is 0.0892. The van der Waals surface area contributed by atoms with E-state index in [1.165, 1.54) is 11.8 Å². The predicted octanol–water partition coefficient (Wildman–Crippen LogP) is 3.87. The number of amides is 1. The van der Waals surface area contributed by atoms with Crippen LogP contribution in [0.5, 0.6) is 0 Å². The van der Waals surface area contributed by atoms with Crippen LogP contribution in [0.1, 0.15) is 41.0 Å². The first-order valence-electron chi connectivity index (χ1n) is 9.32. The van der Waals surface area contributed by atoms with Crippen molar-refractivity contribution in [2.45, 2.75) is 64.4 Å². The van der Waals surface area contributed by atoms with Gasteiger partial charge in [0.1, 0.15) is 0 Å². The molecule has 1 N–H and O–H groups in total. The Hall–Kier alpha value is -1.57. The number of nitrogens with one attached hydrogen (secondary N) is 1. The van der Waals surface area contributed by atoms with Crippen LogP contribution in [0.4, 0.5) is 0 Å². The van der Waals surface area contributed by atoms with Crippen molar-refractivity contribution in [1.82, 2.24) is 14.9 Å². The maximum Gasteiger partial charge on any atom is 0.262 e. The molecule has 0 fully saturated rings. The molecular formula is C20H28ClN3O3S. The summed E-state index contributed by atoms with van der Waals surface area (Å²) in [6.45, 7) is 10.8. The predicted molar refractivity (Wildman–Crippen MR) is 115 cm³/mol. The summed E-state index contributed by atoms with van der Waals surface area (Å²) in [6, 6.07) is 5.04. The second kappa shape index (κ2) is 9.76. The van der Waals surface area contributed by atoms with Crippen LogP contribution in [-0.4, -0.2) is 39.5 Å². The van der Waals surface area contributed by atoms with E-state index < -0.39 is 0 Å². The van der Waals surface area contributed by atoms with Gasteiger partial charge < -0.3 is 10.1 Å². The molecule has 1 amide bonds. The molecule has 8 heteroatoms. The Morgan fingerprint density at radius 2 is 2.07 bits per heavy atom. The van der Waals surface area contributed by atoms with Gasteiger partial charge in [-0.2, -0.15) is 0 Å². The molecule has 0 aliphatic rings. The molecule has 2 rings (SSSR count). The largest absolute Gasteiger partial charge is 0.379 e. The first kappa shape index (κ1) is 22.7. The van der Waals surface area contributed by atoms with Crippen molar-refractivity contribution in [2.24, 2.45) is 0 Å². The highest BCUT2D eigenvalue weighted by atomic mass is 35.5. The Bertz CT molecular complexity index is 891. The number of thioether (sulfide) groups is 1. The van der Waals surface area contributed by atoms with Crippen LogP contribution in [-0.2, 0) is 16.1 Å². The van der Waals surface area contributed by atoms with E-state index in [0.717, 1.165) is 0 Å². The molecule has 1 aromatic heterocycles. The van der Waals surface area contributed by atoms with E-state index in [0.29, 0.717) is 40.7 Å². The molecule has 0 aliphatic carbocycles. The van der Waals surface area contributed by atoms with Crippen LogP contribution in [0.2, 0.25) is 5.02 Å². The fourth-order valence-corrected chi connectivity index (χ4v) is 3.60. The Morgan fingerprint density at radius 1 is 1.36 bits per heavy atom. The Balaban J connectivity index is 2.27. The van der Waals surface area contributed by atoms with Gasteiger partial charge in [0.05, 0.1) is 22.8 Å². The summed E-state index contributed by atoms with van der Waals surface area (Å²) in [4.78, 5) is 29.8. The summed E-state index contributed by atoms with van der Waals surface area (Å²) < 4.78 is 7.20. The molecular weight excluding hydrogens is 398 g/mol. The first-order chi connectivity index (χ1) is 13.1. The van der Waals surface area contributed by atoms with Crippen molar-refractivity contribution < 1.29 is 9.53 Å². The molecule has 154 valence electrons. The third-order valence-corrected chi connectivity index (χ3v) is 4.92. The summed E-state index contributed by atoms with van der Waals surface area (Å²) in [6.07, 6.45) is 0.823. The van der Waals surface area contributed by atoms with E-state index in [1.54, 1.807) is 22.8 Å². The lowest BCUT2D eigenvalue weighted by atomic mass is 10.1. The zero-order chi connectivity index (χ0) is 20.9. The van der Waals surface area contributed by atoms with Crippen LogP contribution in [0, 0.1) is 0 Å². The van der Waals surface area contributed by atoms with Gasteiger partial charge in [-0.3, -0.25) is 14.2 Å². The van der Waals surface area contributed by atoms with Crippen molar-refractivity contribution in [2.75, 3.05) is 12.4 Å². The van der Waals surface area contributed by atoms with Gasteiger partial charge in [-0.15, -0.1) is 0 Å². The highest BCUT2D eigenvalue weighted by Crippen LogP contribution is 2.21. The van der Waals surface area contributed by atoms with E-state index in [9.17, 15) is 9.59 Å². The topological polar surface area (TPSA) is 73.2 Å². The molecule has 0 saturated heterocycles. The number of ether oxygens (including phenoxy) is 1. The lowest BCUT2D eigenvalue weighted by Gasteiger charge is -2.20. The second-order valence-electron chi connectivity index (χ2n) is 7.87. The Kier molecular flexibility index (Phi) is 7.92. The number of nitrogens with zero attached hydrogens (tertiary/aromatic N) is 2. The van der Waals surface area contributed by atoms with Gasteiger partial charge in [0.2, 0.25) is 5.91 Å². The number of rotatable bonds is 8. The summed E-state index contributed by atoms with van der Waals surface area (Å²) in [5, 5.41) is 4.46. The number of hydrogen-bond donors (Lipinski definition) is 1. The average Bonchev–Trinajstić information content (AvgIpc) is 2.56. The molecule has 0 spiro atoms. The van der Waals surface area contributed by atoms with E-state index in [4.69, 9.17) is 16.3 Å². The number of fused-ring (bicyclic) bond motifs is 1. The third-order valence-electron chi connectivity index (χ3n) is 3.71. The molecule has 6 nitrogen and oxygen atoms in total. The fraction of sp³-hybridized carbons (Fsp3) is 0.550.